The molecule has 5 nitrogen and oxygen atoms in total. The molecule has 3 rings (SSSR count). The molecule has 1 atom stereocenters. The maximum Gasteiger partial charge on any atom is 0.255 e. The van der Waals surface area contributed by atoms with Crippen LogP contribution < -0.4 is 5.32 Å². The molecular formula is C15H15F2N3O2. The zero-order valence-electron chi connectivity index (χ0n) is 11.8. The molecule has 0 aliphatic carbocycles. The SMILES string of the molecule is O=C(Nc1cnn(C[C@H]2CCCO2)c1)c1ccc(F)c(F)c1. The van der Waals surface area contributed by atoms with Gasteiger partial charge in [-0.1, -0.05) is 0 Å². The number of hydrogen-bond donors (Lipinski definition) is 1. The van der Waals surface area contributed by atoms with Gasteiger partial charge < -0.3 is 10.1 Å². The van der Waals surface area contributed by atoms with Crippen LogP contribution in [0.15, 0.2) is 30.6 Å². The van der Waals surface area contributed by atoms with Gasteiger partial charge in [-0.15, -0.1) is 0 Å². The van der Waals surface area contributed by atoms with Crippen LogP contribution in [-0.2, 0) is 11.3 Å². The van der Waals surface area contributed by atoms with Crippen LogP contribution >= 0.6 is 0 Å². The summed E-state index contributed by atoms with van der Waals surface area (Å²) in [6.45, 7) is 1.40. The Morgan fingerprint density at radius 3 is 3.00 bits per heavy atom. The number of aromatic nitrogens is 2. The van der Waals surface area contributed by atoms with E-state index in [1.54, 1.807) is 10.9 Å². The number of nitrogens with zero attached hydrogens (tertiary/aromatic N) is 2. The van der Waals surface area contributed by atoms with Gasteiger partial charge in [-0.25, -0.2) is 8.78 Å². The second kappa shape index (κ2) is 6.23. The lowest BCUT2D eigenvalue weighted by Gasteiger charge is -2.08. The molecule has 22 heavy (non-hydrogen) atoms. The summed E-state index contributed by atoms with van der Waals surface area (Å²) in [5, 5.41) is 6.74. The van der Waals surface area contributed by atoms with Gasteiger partial charge in [0.2, 0.25) is 0 Å². The average molecular weight is 307 g/mol. The summed E-state index contributed by atoms with van der Waals surface area (Å²) in [6.07, 6.45) is 5.38. The summed E-state index contributed by atoms with van der Waals surface area (Å²) in [6, 6.07) is 3.01. The minimum Gasteiger partial charge on any atom is -0.376 e. The van der Waals surface area contributed by atoms with Crippen molar-refractivity contribution in [2.24, 2.45) is 0 Å². The second-order valence-electron chi connectivity index (χ2n) is 5.17. The highest BCUT2D eigenvalue weighted by atomic mass is 19.2. The molecule has 1 aromatic carbocycles. The van der Waals surface area contributed by atoms with Crippen molar-refractivity contribution in [3.63, 3.8) is 0 Å². The second-order valence-corrected chi connectivity index (χ2v) is 5.17. The largest absolute Gasteiger partial charge is 0.376 e. The number of carbonyl (C=O) groups is 1. The van der Waals surface area contributed by atoms with Gasteiger partial charge in [-0.3, -0.25) is 9.48 Å². The Balaban J connectivity index is 1.63. The van der Waals surface area contributed by atoms with Gasteiger partial charge >= 0.3 is 0 Å². The fraction of sp³-hybridized carbons (Fsp3) is 0.333. The zero-order chi connectivity index (χ0) is 15.5. The molecule has 1 aromatic heterocycles. The van der Waals surface area contributed by atoms with Crippen LogP contribution in [-0.4, -0.2) is 28.4 Å². The summed E-state index contributed by atoms with van der Waals surface area (Å²) < 4.78 is 33.2. The van der Waals surface area contributed by atoms with Gasteiger partial charge in [0.1, 0.15) is 0 Å². The molecule has 7 heteroatoms. The number of amides is 1. The van der Waals surface area contributed by atoms with Crippen molar-refractivity contribution in [1.82, 2.24) is 9.78 Å². The highest BCUT2D eigenvalue weighted by Gasteiger charge is 2.17. The lowest BCUT2D eigenvalue weighted by Crippen LogP contribution is -2.15. The highest BCUT2D eigenvalue weighted by molar-refractivity contribution is 6.04. The van der Waals surface area contributed by atoms with Gasteiger partial charge in [0.15, 0.2) is 11.6 Å². The number of anilines is 1. The first-order valence-corrected chi connectivity index (χ1v) is 7.02. The monoisotopic (exact) mass is 307 g/mol. The van der Waals surface area contributed by atoms with Gasteiger partial charge in [-0.05, 0) is 31.0 Å². The average Bonchev–Trinajstić information content (AvgIpc) is 3.14. The van der Waals surface area contributed by atoms with Crippen molar-refractivity contribution < 1.29 is 18.3 Å². The predicted molar refractivity (Wildman–Crippen MR) is 75.5 cm³/mol. The lowest BCUT2D eigenvalue weighted by molar-refractivity contribution is 0.0940. The molecular weight excluding hydrogens is 292 g/mol. The first kappa shape index (κ1) is 14.6. The van der Waals surface area contributed by atoms with E-state index in [0.717, 1.165) is 31.6 Å². The summed E-state index contributed by atoms with van der Waals surface area (Å²) in [5.41, 5.74) is 0.540. The molecule has 0 saturated carbocycles. The van der Waals surface area contributed by atoms with Crippen LogP contribution in [0.25, 0.3) is 0 Å². The van der Waals surface area contributed by atoms with Gasteiger partial charge in [0.25, 0.3) is 5.91 Å². The quantitative estimate of drug-likeness (QED) is 0.944. The van der Waals surface area contributed by atoms with Gasteiger partial charge in [0, 0.05) is 18.4 Å². The molecule has 1 saturated heterocycles. The van der Waals surface area contributed by atoms with E-state index in [2.05, 4.69) is 10.4 Å². The fourth-order valence-electron chi connectivity index (χ4n) is 2.37. The Kier molecular flexibility index (Phi) is 4.15. The van der Waals surface area contributed by atoms with E-state index in [9.17, 15) is 13.6 Å². The normalized spacial score (nSPS) is 17.6. The molecule has 1 fully saturated rings. The van der Waals surface area contributed by atoms with Gasteiger partial charge in [0.05, 0.1) is 24.5 Å². The highest BCUT2D eigenvalue weighted by Crippen LogP contribution is 2.16. The number of nitrogens with one attached hydrogen (secondary N) is 1. The Hall–Kier alpha value is -2.28. The molecule has 2 aromatic rings. The first-order valence-electron chi connectivity index (χ1n) is 7.02. The number of hydrogen-bond acceptors (Lipinski definition) is 3. The molecule has 1 amide bonds. The van der Waals surface area contributed by atoms with Crippen LogP contribution in [0.5, 0.6) is 0 Å². The number of rotatable bonds is 4. The Morgan fingerprint density at radius 1 is 1.41 bits per heavy atom. The number of halogens is 2. The number of ether oxygens (including phenoxy) is 1. The number of carbonyl (C=O) groups excluding carboxylic acids is 1. The third-order valence-electron chi connectivity index (χ3n) is 3.49. The van der Waals surface area contributed by atoms with E-state index >= 15 is 0 Å². The van der Waals surface area contributed by atoms with Crippen molar-refractivity contribution in [2.75, 3.05) is 11.9 Å². The third-order valence-corrected chi connectivity index (χ3v) is 3.49. The summed E-state index contributed by atoms with van der Waals surface area (Å²) in [5.74, 6) is -2.56. The third kappa shape index (κ3) is 3.30. The van der Waals surface area contributed by atoms with E-state index in [0.29, 0.717) is 12.2 Å². The first-order chi connectivity index (χ1) is 10.6. The Bertz CT molecular complexity index is 681. The minimum absolute atomic E-state index is 0.0470. The zero-order valence-corrected chi connectivity index (χ0v) is 11.8. The molecule has 0 radical (unpaired) electrons. The predicted octanol–water partition coefficient (Wildman–Crippen LogP) is 2.59. The van der Waals surface area contributed by atoms with E-state index in [1.807, 2.05) is 0 Å². The minimum atomic E-state index is -1.05. The molecule has 116 valence electrons. The lowest BCUT2D eigenvalue weighted by atomic mass is 10.2. The molecule has 1 aliphatic heterocycles. The fourth-order valence-corrected chi connectivity index (χ4v) is 2.37. The van der Waals surface area contributed by atoms with Crippen LogP contribution in [0.1, 0.15) is 23.2 Å². The maximum atomic E-state index is 13.1. The number of benzene rings is 1. The van der Waals surface area contributed by atoms with Crippen LogP contribution in [0.4, 0.5) is 14.5 Å². The van der Waals surface area contributed by atoms with Crippen LogP contribution in [0.2, 0.25) is 0 Å². The van der Waals surface area contributed by atoms with E-state index in [-0.39, 0.29) is 11.7 Å². The standard InChI is InChI=1S/C15H15F2N3O2/c16-13-4-3-10(6-14(13)17)15(21)19-11-7-18-20(8-11)9-12-2-1-5-22-12/h3-4,6-8,12H,1-2,5,9H2,(H,19,21)/t12-/m1/s1. The summed E-state index contributed by atoms with van der Waals surface area (Å²) in [4.78, 5) is 12.0. The van der Waals surface area contributed by atoms with E-state index < -0.39 is 17.5 Å². The topological polar surface area (TPSA) is 56.2 Å². The molecule has 0 unspecified atom stereocenters. The van der Waals surface area contributed by atoms with Crippen molar-refractivity contribution in [3.8, 4) is 0 Å². The van der Waals surface area contributed by atoms with Crippen LogP contribution in [0, 0.1) is 11.6 Å². The molecule has 1 aliphatic rings. The van der Waals surface area contributed by atoms with Crippen LogP contribution in [0.3, 0.4) is 0 Å². The van der Waals surface area contributed by atoms with Crippen molar-refractivity contribution in [1.29, 1.82) is 0 Å². The van der Waals surface area contributed by atoms with Crippen molar-refractivity contribution in [2.45, 2.75) is 25.5 Å². The molecule has 0 spiro atoms. The maximum absolute atomic E-state index is 13.1. The van der Waals surface area contributed by atoms with Crippen molar-refractivity contribution >= 4 is 11.6 Å². The Morgan fingerprint density at radius 2 is 2.27 bits per heavy atom. The Labute approximate surface area is 125 Å². The molecule has 1 N–H and O–H groups in total. The smallest absolute Gasteiger partial charge is 0.255 e. The van der Waals surface area contributed by atoms with E-state index in [1.165, 1.54) is 12.3 Å². The molecule has 2 heterocycles. The summed E-state index contributed by atoms with van der Waals surface area (Å²) in [7, 11) is 0. The molecule has 0 bridgehead atoms. The summed E-state index contributed by atoms with van der Waals surface area (Å²) >= 11 is 0. The van der Waals surface area contributed by atoms with Gasteiger partial charge in [-0.2, -0.15) is 5.10 Å². The van der Waals surface area contributed by atoms with E-state index in [4.69, 9.17) is 4.74 Å². The van der Waals surface area contributed by atoms with Crippen molar-refractivity contribution in [3.05, 3.63) is 47.8 Å².